The highest BCUT2D eigenvalue weighted by molar-refractivity contribution is 6.42. The number of hydrazone groups is 1. The van der Waals surface area contributed by atoms with Gasteiger partial charge in [0.25, 0.3) is 5.91 Å². The summed E-state index contributed by atoms with van der Waals surface area (Å²) in [4.78, 5) is 12.0. The summed E-state index contributed by atoms with van der Waals surface area (Å²) < 4.78 is 0. The molecule has 1 amide bonds. The van der Waals surface area contributed by atoms with Gasteiger partial charge >= 0.3 is 0 Å². The van der Waals surface area contributed by atoms with Gasteiger partial charge in [0.15, 0.2) is 0 Å². The van der Waals surface area contributed by atoms with Crippen LogP contribution in [0.1, 0.15) is 18.1 Å². The van der Waals surface area contributed by atoms with Gasteiger partial charge in [-0.3, -0.25) is 4.79 Å². The molecule has 120 valence electrons. The fraction of sp³-hybridized carbons (Fsp3) is 0.176. The molecule has 0 spiro atoms. The minimum absolute atomic E-state index is 0.251. The predicted molar refractivity (Wildman–Crippen MR) is 96.5 cm³/mol. The number of rotatable bonds is 5. The molecule has 0 saturated carbocycles. The molecule has 2 rings (SSSR count). The zero-order chi connectivity index (χ0) is 16.8. The lowest BCUT2D eigenvalue weighted by Crippen LogP contribution is -2.34. The van der Waals surface area contributed by atoms with E-state index in [1.807, 2.05) is 31.2 Å². The summed E-state index contributed by atoms with van der Waals surface area (Å²) in [5.41, 5.74) is 5.30. The van der Waals surface area contributed by atoms with Crippen molar-refractivity contribution >= 4 is 41.0 Å². The molecule has 6 heteroatoms. The summed E-state index contributed by atoms with van der Waals surface area (Å²) in [5, 5.41) is 7.89. The highest BCUT2D eigenvalue weighted by Gasteiger charge is 2.12. The maximum Gasteiger partial charge on any atom is 0.262 e. The summed E-state index contributed by atoms with van der Waals surface area (Å²) in [6.45, 7) is 3.75. The summed E-state index contributed by atoms with van der Waals surface area (Å²) >= 11 is 11.8. The van der Waals surface area contributed by atoms with E-state index in [4.69, 9.17) is 23.2 Å². The van der Waals surface area contributed by atoms with E-state index >= 15 is 0 Å². The molecule has 2 aromatic carbocycles. The molecule has 0 aromatic heterocycles. The Balaban J connectivity index is 1.89. The quantitative estimate of drug-likeness (QED) is 0.626. The number of nitrogens with zero attached hydrogens (tertiary/aromatic N) is 1. The molecule has 0 fully saturated rings. The third-order valence-electron chi connectivity index (χ3n) is 3.16. The van der Waals surface area contributed by atoms with Crippen LogP contribution in [0.5, 0.6) is 0 Å². The highest BCUT2D eigenvalue weighted by atomic mass is 35.5. The Labute approximate surface area is 145 Å². The Kier molecular flexibility index (Phi) is 6.02. The Morgan fingerprint density at radius 3 is 2.48 bits per heavy atom. The SMILES string of the molecule is Cc1ccc(C=NNC(=O)C(C)Nc2ccc(Cl)c(Cl)c2)cc1. The van der Waals surface area contributed by atoms with Crippen molar-refractivity contribution in [1.29, 1.82) is 0 Å². The minimum Gasteiger partial charge on any atom is -0.374 e. The fourth-order valence-corrected chi connectivity index (χ4v) is 2.12. The number of carbonyl (C=O) groups is 1. The molecule has 1 atom stereocenters. The second-order valence-electron chi connectivity index (χ2n) is 5.14. The van der Waals surface area contributed by atoms with E-state index in [0.29, 0.717) is 15.7 Å². The number of benzene rings is 2. The smallest absolute Gasteiger partial charge is 0.262 e. The van der Waals surface area contributed by atoms with Gasteiger partial charge in [-0.2, -0.15) is 5.10 Å². The molecule has 0 saturated heterocycles. The van der Waals surface area contributed by atoms with Gasteiger partial charge in [-0.1, -0.05) is 53.0 Å². The third kappa shape index (κ3) is 5.27. The van der Waals surface area contributed by atoms with Crippen LogP contribution in [0.25, 0.3) is 0 Å². The van der Waals surface area contributed by atoms with Crippen molar-refractivity contribution in [1.82, 2.24) is 5.43 Å². The Bertz CT molecular complexity index is 714. The molecule has 23 heavy (non-hydrogen) atoms. The van der Waals surface area contributed by atoms with E-state index in [-0.39, 0.29) is 5.91 Å². The number of aryl methyl sites for hydroxylation is 1. The molecular formula is C17H17Cl2N3O. The van der Waals surface area contributed by atoms with Crippen molar-refractivity contribution in [3.63, 3.8) is 0 Å². The average molecular weight is 350 g/mol. The van der Waals surface area contributed by atoms with Crippen LogP contribution in [0.4, 0.5) is 5.69 Å². The third-order valence-corrected chi connectivity index (χ3v) is 3.90. The summed E-state index contributed by atoms with van der Waals surface area (Å²) in [7, 11) is 0. The van der Waals surface area contributed by atoms with Gasteiger partial charge in [-0.15, -0.1) is 0 Å². The monoisotopic (exact) mass is 349 g/mol. The van der Waals surface area contributed by atoms with Gasteiger partial charge in [-0.05, 0) is 37.6 Å². The van der Waals surface area contributed by atoms with E-state index in [0.717, 1.165) is 5.56 Å². The summed E-state index contributed by atoms with van der Waals surface area (Å²) in [5.74, 6) is -0.251. The van der Waals surface area contributed by atoms with Crippen molar-refractivity contribution in [2.75, 3.05) is 5.32 Å². The lowest BCUT2D eigenvalue weighted by Gasteiger charge is -2.13. The number of anilines is 1. The van der Waals surface area contributed by atoms with E-state index in [1.54, 1.807) is 31.3 Å². The highest BCUT2D eigenvalue weighted by Crippen LogP contribution is 2.25. The van der Waals surface area contributed by atoms with E-state index in [2.05, 4.69) is 15.8 Å². The van der Waals surface area contributed by atoms with Crippen LogP contribution in [0, 0.1) is 6.92 Å². The molecular weight excluding hydrogens is 333 g/mol. The zero-order valence-corrected chi connectivity index (χ0v) is 14.3. The normalized spacial score (nSPS) is 12.2. The summed E-state index contributed by atoms with van der Waals surface area (Å²) in [6, 6.07) is 12.5. The summed E-state index contributed by atoms with van der Waals surface area (Å²) in [6.07, 6.45) is 1.60. The van der Waals surface area contributed by atoms with Crippen LogP contribution in [0.3, 0.4) is 0 Å². The van der Waals surface area contributed by atoms with E-state index in [1.165, 1.54) is 5.56 Å². The molecule has 4 nitrogen and oxygen atoms in total. The van der Waals surface area contributed by atoms with E-state index < -0.39 is 6.04 Å². The largest absolute Gasteiger partial charge is 0.374 e. The lowest BCUT2D eigenvalue weighted by atomic mass is 10.2. The van der Waals surface area contributed by atoms with Crippen LogP contribution in [0.2, 0.25) is 10.0 Å². The first kappa shape index (κ1) is 17.3. The first-order valence-electron chi connectivity index (χ1n) is 7.07. The fourth-order valence-electron chi connectivity index (χ4n) is 1.82. The number of nitrogens with one attached hydrogen (secondary N) is 2. The maximum atomic E-state index is 12.0. The average Bonchev–Trinajstić information content (AvgIpc) is 2.52. The molecule has 0 aliphatic heterocycles. The Morgan fingerprint density at radius 1 is 1.13 bits per heavy atom. The molecule has 0 aliphatic carbocycles. The van der Waals surface area contributed by atoms with Crippen LogP contribution in [0.15, 0.2) is 47.6 Å². The van der Waals surface area contributed by atoms with Crippen molar-refractivity contribution in [3.05, 3.63) is 63.6 Å². The number of hydrogen-bond acceptors (Lipinski definition) is 3. The molecule has 0 radical (unpaired) electrons. The van der Waals surface area contributed by atoms with Gasteiger partial charge in [0.05, 0.1) is 16.3 Å². The van der Waals surface area contributed by atoms with E-state index in [9.17, 15) is 4.79 Å². The number of carbonyl (C=O) groups excluding carboxylic acids is 1. The maximum absolute atomic E-state index is 12.0. The minimum atomic E-state index is -0.470. The standard InChI is InChI=1S/C17H17Cl2N3O/c1-11-3-5-13(6-4-11)10-20-22-17(23)12(2)21-14-7-8-15(18)16(19)9-14/h3-10,12,21H,1-2H3,(H,22,23). The van der Waals surface area contributed by atoms with Crippen molar-refractivity contribution < 1.29 is 4.79 Å². The van der Waals surface area contributed by atoms with Gasteiger partial charge in [-0.25, -0.2) is 5.43 Å². The molecule has 2 N–H and O–H groups in total. The number of amides is 1. The molecule has 2 aromatic rings. The Morgan fingerprint density at radius 2 is 1.83 bits per heavy atom. The number of hydrogen-bond donors (Lipinski definition) is 2. The number of halogens is 2. The molecule has 0 bridgehead atoms. The topological polar surface area (TPSA) is 53.5 Å². The van der Waals surface area contributed by atoms with Crippen molar-refractivity contribution in [3.8, 4) is 0 Å². The van der Waals surface area contributed by atoms with Crippen LogP contribution >= 0.6 is 23.2 Å². The van der Waals surface area contributed by atoms with Crippen LogP contribution in [-0.4, -0.2) is 18.2 Å². The molecule has 0 heterocycles. The van der Waals surface area contributed by atoms with Crippen molar-refractivity contribution in [2.45, 2.75) is 19.9 Å². The van der Waals surface area contributed by atoms with Gasteiger partial charge in [0, 0.05) is 5.69 Å². The molecule has 1 unspecified atom stereocenters. The first-order chi connectivity index (χ1) is 11.0. The second kappa shape index (κ2) is 7.99. The van der Waals surface area contributed by atoms with Crippen molar-refractivity contribution in [2.24, 2.45) is 5.10 Å². The Hall–Kier alpha value is -2.04. The zero-order valence-electron chi connectivity index (χ0n) is 12.8. The van der Waals surface area contributed by atoms with Crippen LogP contribution in [-0.2, 0) is 4.79 Å². The lowest BCUT2D eigenvalue weighted by molar-refractivity contribution is -0.121. The first-order valence-corrected chi connectivity index (χ1v) is 7.82. The predicted octanol–water partition coefficient (Wildman–Crippen LogP) is 4.25. The van der Waals surface area contributed by atoms with Gasteiger partial charge < -0.3 is 5.32 Å². The second-order valence-corrected chi connectivity index (χ2v) is 5.95. The van der Waals surface area contributed by atoms with Gasteiger partial charge in [0.2, 0.25) is 0 Å². The van der Waals surface area contributed by atoms with Gasteiger partial charge in [0.1, 0.15) is 6.04 Å². The molecule has 0 aliphatic rings. The van der Waals surface area contributed by atoms with Crippen LogP contribution < -0.4 is 10.7 Å².